The molecule has 0 aliphatic carbocycles. The number of carbonyl (C=O) groups is 1. The van der Waals surface area contributed by atoms with Gasteiger partial charge in [0.1, 0.15) is 0 Å². The molecule has 9 nitrogen and oxygen atoms in total. The van der Waals surface area contributed by atoms with Crippen molar-refractivity contribution in [3.05, 3.63) is 75.7 Å². The monoisotopic (exact) mass is 364 g/mol. The smallest absolute Gasteiger partial charge is 0.338 e. The van der Waals surface area contributed by atoms with Gasteiger partial charge in [-0.25, -0.2) is 4.79 Å². The third-order valence-electron chi connectivity index (χ3n) is 3.65. The van der Waals surface area contributed by atoms with Crippen molar-refractivity contribution in [2.75, 3.05) is 0 Å². The minimum Gasteiger partial charge on any atom is -0.449 e. The van der Waals surface area contributed by atoms with Crippen LogP contribution in [0.4, 0.5) is 5.69 Å². The van der Waals surface area contributed by atoms with Gasteiger partial charge in [-0.1, -0.05) is 0 Å². The third kappa shape index (κ3) is 3.96. The molecule has 0 fully saturated rings. The van der Waals surface area contributed by atoms with Crippen LogP contribution in [0.3, 0.4) is 0 Å². The molecular formula is C18H12N4O5. The molecule has 0 saturated heterocycles. The SMILES string of the molecule is C[C@@H](OC(=O)c1ccc(C#N)cc1)c1nnc(-c2ccc([N+](=O)[O-])cc2)o1. The van der Waals surface area contributed by atoms with Crippen LogP contribution in [0.1, 0.15) is 34.8 Å². The van der Waals surface area contributed by atoms with Crippen LogP contribution < -0.4 is 0 Å². The largest absolute Gasteiger partial charge is 0.449 e. The van der Waals surface area contributed by atoms with Crippen LogP contribution in [0.15, 0.2) is 52.9 Å². The Labute approximate surface area is 153 Å². The number of nitro groups is 1. The molecule has 0 amide bonds. The lowest BCUT2D eigenvalue weighted by Crippen LogP contribution is -2.09. The average molecular weight is 364 g/mol. The van der Waals surface area contributed by atoms with Gasteiger partial charge in [-0.15, -0.1) is 10.2 Å². The molecule has 9 heteroatoms. The predicted molar refractivity (Wildman–Crippen MR) is 91.4 cm³/mol. The van der Waals surface area contributed by atoms with Gasteiger partial charge < -0.3 is 9.15 Å². The van der Waals surface area contributed by atoms with E-state index in [1.807, 2.05) is 6.07 Å². The number of benzene rings is 2. The maximum Gasteiger partial charge on any atom is 0.338 e. The molecule has 27 heavy (non-hydrogen) atoms. The molecule has 0 aliphatic heterocycles. The Bertz CT molecular complexity index is 1020. The zero-order valence-corrected chi connectivity index (χ0v) is 14.0. The second-order valence-electron chi connectivity index (χ2n) is 5.49. The Hall–Kier alpha value is -4.06. The van der Waals surface area contributed by atoms with Crippen molar-refractivity contribution in [1.29, 1.82) is 5.26 Å². The molecule has 0 radical (unpaired) electrons. The summed E-state index contributed by atoms with van der Waals surface area (Å²) in [4.78, 5) is 22.3. The normalized spacial score (nSPS) is 11.4. The van der Waals surface area contributed by atoms with E-state index in [0.717, 1.165) is 0 Å². The summed E-state index contributed by atoms with van der Waals surface area (Å²) >= 11 is 0. The van der Waals surface area contributed by atoms with Crippen LogP contribution in [0.2, 0.25) is 0 Å². The van der Waals surface area contributed by atoms with Crippen molar-refractivity contribution in [3.8, 4) is 17.5 Å². The lowest BCUT2D eigenvalue weighted by molar-refractivity contribution is -0.384. The highest BCUT2D eigenvalue weighted by Gasteiger charge is 2.20. The van der Waals surface area contributed by atoms with Crippen LogP contribution in [-0.4, -0.2) is 21.1 Å². The van der Waals surface area contributed by atoms with Crippen molar-refractivity contribution in [2.45, 2.75) is 13.0 Å². The van der Waals surface area contributed by atoms with E-state index in [9.17, 15) is 14.9 Å². The number of aromatic nitrogens is 2. The van der Waals surface area contributed by atoms with Crippen LogP contribution in [0.5, 0.6) is 0 Å². The molecule has 1 heterocycles. The van der Waals surface area contributed by atoms with Crippen LogP contribution in [-0.2, 0) is 4.74 Å². The van der Waals surface area contributed by atoms with Crippen molar-refractivity contribution in [1.82, 2.24) is 10.2 Å². The van der Waals surface area contributed by atoms with E-state index in [2.05, 4.69) is 10.2 Å². The van der Waals surface area contributed by atoms with Gasteiger partial charge in [0.05, 0.1) is 22.1 Å². The molecule has 0 aliphatic rings. The number of nitrogens with zero attached hydrogens (tertiary/aromatic N) is 4. The predicted octanol–water partition coefficient (Wildman–Crippen LogP) is 3.43. The van der Waals surface area contributed by atoms with Gasteiger partial charge in [0.25, 0.3) is 11.6 Å². The number of non-ortho nitro benzene ring substituents is 1. The number of hydrogen-bond acceptors (Lipinski definition) is 8. The average Bonchev–Trinajstić information content (AvgIpc) is 3.18. The molecule has 1 aromatic heterocycles. The number of nitro benzene ring substituents is 1. The number of hydrogen-bond donors (Lipinski definition) is 0. The Kier molecular flexibility index (Phi) is 4.90. The minimum absolute atomic E-state index is 0.0526. The summed E-state index contributed by atoms with van der Waals surface area (Å²) in [6.45, 7) is 1.58. The molecule has 3 rings (SSSR count). The first kappa shape index (κ1) is 17.8. The summed E-state index contributed by atoms with van der Waals surface area (Å²) < 4.78 is 10.8. The number of rotatable bonds is 5. The molecule has 2 aromatic carbocycles. The van der Waals surface area contributed by atoms with Crippen LogP contribution in [0.25, 0.3) is 11.5 Å². The van der Waals surface area contributed by atoms with Gasteiger partial charge in [-0.2, -0.15) is 5.26 Å². The number of carbonyl (C=O) groups excluding carboxylic acids is 1. The van der Waals surface area contributed by atoms with E-state index in [1.165, 1.54) is 48.5 Å². The second kappa shape index (κ2) is 7.45. The molecule has 1 atom stereocenters. The molecule has 0 N–H and O–H groups in total. The summed E-state index contributed by atoms with van der Waals surface area (Å²) in [5.41, 5.74) is 1.17. The van der Waals surface area contributed by atoms with Gasteiger partial charge in [-0.05, 0) is 43.3 Å². The second-order valence-corrected chi connectivity index (χ2v) is 5.49. The minimum atomic E-state index is -0.799. The Morgan fingerprint density at radius 2 is 1.85 bits per heavy atom. The fraction of sp³-hybridized carbons (Fsp3) is 0.111. The first-order valence-corrected chi connectivity index (χ1v) is 7.77. The molecule has 134 valence electrons. The molecule has 0 spiro atoms. The lowest BCUT2D eigenvalue weighted by atomic mass is 10.1. The summed E-state index contributed by atoms with van der Waals surface area (Å²) in [7, 11) is 0. The zero-order chi connectivity index (χ0) is 19.4. The van der Waals surface area contributed by atoms with Gasteiger partial charge in [0.2, 0.25) is 5.89 Å². The van der Waals surface area contributed by atoms with Crippen LogP contribution >= 0.6 is 0 Å². The van der Waals surface area contributed by atoms with Gasteiger partial charge in [0.15, 0.2) is 6.10 Å². The van der Waals surface area contributed by atoms with E-state index in [0.29, 0.717) is 11.1 Å². The fourth-order valence-corrected chi connectivity index (χ4v) is 2.20. The van der Waals surface area contributed by atoms with Gasteiger partial charge in [0, 0.05) is 17.7 Å². The summed E-state index contributed by atoms with van der Waals surface area (Å²) in [5, 5.41) is 27.2. The Morgan fingerprint density at radius 1 is 1.19 bits per heavy atom. The number of esters is 1. The maximum atomic E-state index is 12.1. The number of nitriles is 1. The van der Waals surface area contributed by atoms with E-state index in [-0.39, 0.29) is 23.0 Å². The van der Waals surface area contributed by atoms with E-state index >= 15 is 0 Å². The van der Waals surface area contributed by atoms with Crippen LogP contribution in [0, 0.1) is 21.4 Å². The summed E-state index contributed by atoms with van der Waals surface area (Å²) in [5.74, 6) is -0.353. The fourth-order valence-electron chi connectivity index (χ4n) is 2.20. The molecule has 3 aromatic rings. The molecule has 0 saturated carbocycles. The van der Waals surface area contributed by atoms with E-state index < -0.39 is 17.0 Å². The number of ether oxygens (including phenoxy) is 1. The van der Waals surface area contributed by atoms with Crippen molar-refractivity contribution < 1.29 is 18.9 Å². The summed E-state index contributed by atoms with van der Waals surface area (Å²) in [6.07, 6.45) is -0.799. The Balaban J connectivity index is 1.70. The van der Waals surface area contributed by atoms with Crippen molar-refractivity contribution >= 4 is 11.7 Å². The Morgan fingerprint density at radius 3 is 2.44 bits per heavy atom. The van der Waals surface area contributed by atoms with Gasteiger partial charge in [-0.3, -0.25) is 10.1 Å². The molecular weight excluding hydrogens is 352 g/mol. The van der Waals surface area contributed by atoms with E-state index in [1.54, 1.807) is 6.92 Å². The molecule has 0 bridgehead atoms. The lowest BCUT2D eigenvalue weighted by Gasteiger charge is -2.09. The first-order valence-electron chi connectivity index (χ1n) is 7.77. The molecule has 0 unspecified atom stereocenters. The van der Waals surface area contributed by atoms with Crippen molar-refractivity contribution in [3.63, 3.8) is 0 Å². The van der Waals surface area contributed by atoms with E-state index in [4.69, 9.17) is 14.4 Å². The topological polar surface area (TPSA) is 132 Å². The summed E-state index contributed by atoms with van der Waals surface area (Å²) in [6, 6.07) is 13.6. The first-order chi connectivity index (χ1) is 13.0. The van der Waals surface area contributed by atoms with Crippen molar-refractivity contribution in [2.24, 2.45) is 0 Å². The highest BCUT2D eigenvalue weighted by molar-refractivity contribution is 5.89. The standard InChI is InChI=1S/C18H12N4O5/c1-11(26-18(23)14-4-2-12(10-19)3-5-14)16-20-21-17(27-16)13-6-8-15(9-7-13)22(24)25/h2-9,11H,1H3/t11-/m1/s1. The highest BCUT2D eigenvalue weighted by atomic mass is 16.6. The third-order valence-corrected chi connectivity index (χ3v) is 3.65. The quantitative estimate of drug-likeness (QED) is 0.382. The van der Waals surface area contributed by atoms with Gasteiger partial charge >= 0.3 is 5.97 Å². The maximum absolute atomic E-state index is 12.1. The highest BCUT2D eigenvalue weighted by Crippen LogP contribution is 2.24. The zero-order valence-electron chi connectivity index (χ0n) is 14.0.